The maximum Gasteiger partial charge on any atom is 0.317 e. The van der Waals surface area contributed by atoms with Crippen molar-refractivity contribution in [2.75, 3.05) is 31.5 Å². The second-order valence-electron chi connectivity index (χ2n) is 7.57. The molecule has 142 valence electrons. The van der Waals surface area contributed by atoms with Crippen molar-refractivity contribution in [3.8, 4) is 0 Å². The highest BCUT2D eigenvalue weighted by molar-refractivity contribution is 5.96. The summed E-state index contributed by atoms with van der Waals surface area (Å²) in [4.78, 5) is 39.8. The van der Waals surface area contributed by atoms with Gasteiger partial charge in [-0.25, -0.2) is 4.79 Å². The third kappa shape index (κ3) is 5.75. The number of anilines is 1. The van der Waals surface area contributed by atoms with Crippen LogP contribution >= 0.6 is 0 Å². The molecular weight excluding hydrogens is 332 g/mol. The molecule has 0 bridgehead atoms. The smallest absolute Gasteiger partial charge is 0.317 e. The molecule has 0 unspecified atom stereocenters. The Balaban J connectivity index is 2.01. The molecule has 1 fully saturated rings. The number of nitrogens with one attached hydrogen (secondary N) is 2. The minimum Gasteiger partial charge on any atom is -0.337 e. The first-order chi connectivity index (χ1) is 12.2. The number of urea groups is 1. The maximum absolute atomic E-state index is 12.8. The van der Waals surface area contributed by atoms with Crippen molar-refractivity contribution in [3.63, 3.8) is 0 Å². The summed E-state index contributed by atoms with van der Waals surface area (Å²) in [5.41, 5.74) is 0.844. The predicted molar refractivity (Wildman–Crippen MR) is 101 cm³/mol. The highest BCUT2D eigenvalue weighted by Gasteiger charge is 2.25. The van der Waals surface area contributed by atoms with E-state index in [4.69, 9.17) is 0 Å². The lowest BCUT2D eigenvalue weighted by Gasteiger charge is -2.27. The first-order valence-electron chi connectivity index (χ1n) is 8.90. The van der Waals surface area contributed by atoms with E-state index in [0.29, 0.717) is 37.4 Å². The lowest BCUT2D eigenvalue weighted by molar-refractivity contribution is -0.114. The summed E-state index contributed by atoms with van der Waals surface area (Å²) in [6.45, 7) is 9.47. The van der Waals surface area contributed by atoms with Gasteiger partial charge in [0.1, 0.15) is 0 Å². The standard InChI is InChI=1S/C19H28N4O3/c1-14(24)20-16-8-5-7-15(13-16)17(25)22-9-6-10-23(12-11-22)18(26)21-19(2,3)4/h5,7-8,13H,6,9-12H2,1-4H3,(H,20,24)(H,21,26). The zero-order valence-corrected chi connectivity index (χ0v) is 16.0. The highest BCUT2D eigenvalue weighted by Crippen LogP contribution is 2.15. The van der Waals surface area contributed by atoms with Gasteiger partial charge in [0.25, 0.3) is 5.91 Å². The SMILES string of the molecule is CC(=O)Nc1cccc(C(=O)N2CCCN(C(=O)NC(C)(C)C)CC2)c1. The van der Waals surface area contributed by atoms with Gasteiger partial charge in [0.2, 0.25) is 5.91 Å². The van der Waals surface area contributed by atoms with E-state index >= 15 is 0 Å². The van der Waals surface area contributed by atoms with Crippen LogP contribution in [0.1, 0.15) is 44.5 Å². The van der Waals surface area contributed by atoms with Gasteiger partial charge < -0.3 is 20.4 Å². The predicted octanol–water partition coefficient (Wildman–Crippen LogP) is 2.30. The van der Waals surface area contributed by atoms with Gasteiger partial charge in [-0.2, -0.15) is 0 Å². The Kier molecular flexibility index (Phi) is 6.23. The number of carbonyl (C=O) groups excluding carboxylic acids is 3. The van der Waals surface area contributed by atoms with Gasteiger partial charge in [-0.3, -0.25) is 9.59 Å². The van der Waals surface area contributed by atoms with Crippen LogP contribution in [0.25, 0.3) is 0 Å². The summed E-state index contributed by atoms with van der Waals surface area (Å²) in [7, 11) is 0. The summed E-state index contributed by atoms with van der Waals surface area (Å²) in [6.07, 6.45) is 0.731. The molecule has 1 heterocycles. The number of benzene rings is 1. The second kappa shape index (κ2) is 8.21. The second-order valence-corrected chi connectivity index (χ2v) is 7.57. The average Bonchev–Trinajstić information content (AvgIpc) is 2.78. The Labute approximate surface area is 154 Å². The molecule has 0 radical (unpaired) electrons. The largest absolute Gasteiger partial charge is 0.337 e. The fourth-order valence-electron chi connectivity index (χ4n) is 2.84. The Morgan fingerprint density at radius 3 is 2.31 bits per heavy atom. The van der Waals surface area contributed by atoms with E-state index < -0.39 is 0 Å². The Morgan fingerprint density at radius 2 is 1.65 bits per heavy atom. The van der Waals surface area contributed by atoms with E-state index in [1.54, 1.807) is 34.1 Å². The lowest BCUT2D eigenvalue weighted by Crippen LogP contribution is -2.49. The van der Waals surface area contributed by atoms with Crippen LogP contribution in [-0.4, -0.2) is 59.4 Å². The number of amides is 4. The normalized spacial score (nSPS) is 15.2. The highest BCUT2D eigenvalue weighted by atomic mass is 16.2. The van der Waals surface area contributed by atoms with Gasteiger partial charge in [0.15, 0.2) is 0 Å². The number of nitrogens with zero attached hydrogens (tertiary/aromatic N) is 2. The molecule has 0 spiro atoms. The van der Waals surface area contributed by atoms with Gasteiger partial charge in [-0.05, 0) is 45.4 Å². The van der Waals surface area contributed by atoms with Crippen LogP contribution in [-0.2, 0) is 4.79 Å². The summed E-state index contributed by atoms with van der Waals surface area (Å²) >= 11 is 0. The van der Waals surface area contributed by atoms with Gasteiger partial charge in [-0.1, -0.05) is 6.07 Å². The number of carbonyl (C=O) groups is 3. The quantitative estimate of drug-likeness (QED) is 0.849. The van der Waals surface area contributed by atoms with E-state index in [0.717, 1.165) is 6.42 Å². The molecule has 2 N–H and O–H groups in total. The molecule has 0 aliphatic carbocycles. The van der Waals surface area contributed by atoms with Crippen molar-refractivity contribution in [2.45, 2.75) is 39.7 Å². The fourth-order valence-corrected chi connectivity index (χ4v) is 2.84. The molecule has 1 aliphatic rings. The first-order valence-corrected chi connectivity index (χ1v) is 8.90. The summed E-state index contributed by atoms with van der Waals surface area (Å²) in [6, 6.07) is 6.82. The average molecular weight is 360 g/mol. The van der Waals surface area contributed by atoms with Gasteiger partial charge in [0, 0.05) is 49.9 Å². The minimum absolute atomic E-state index is 0.0877. The number of hydrogen-bond donors (Lipinski definition) is 2. The first kappa shape index (κ1) is 19.8. The van der Waals surface area contributed by atoms with Crippen molar-refractivity contribution < 1.29 is 14.4 Å². The fraction of sp³-hybridized carbons (Fsp3) is 0.526. The van der Waals surface area contributed by atoms with Crippen LogP contribution in [0.15, 0.2) is 24.3 Å². The number of hydrogen-bond acceptors (Lipinski definition) is 3. The molecule has 0 atom stereocenters. The molecule has 2 rings (SSSR count). The van der Waals surface area contributed by atoms with Crippen molar-refractivity contribution in [2.24, 2.45) is 0 Å². The molecule has 1 aromatic rings. The maximum atomic E-state index is 12.8. The van der Waals surface area contributed by atoms with Gasteiger partial charge in [0.05, 0.1) is 0 Å². The lowest BCUT2D eigenvalue weighted by atomic mass is 10.1. The van der Waals surface area contributed by atoms with E-state index in [9.17, 15) is 14.4 Å². The van der Waals surface area contributed by atoms with Crippen LogP contribution < -0.4 is 10.6 Å². The van der Waals surface area contributed by atoms with Gasteiger partial charge >= 0.3 is 6.03 Å². The summed E-state index contributed by atoms with van der Waals surface area (Å²) in [5, 5.41) is 5.65. The molecule has 7 nitrogen and oxygen atoms in total. The topological polar surface area (TPSA) is 81.8 Å². The van der Waals surface area contributed by atoms with E-state index in [1.165, 1.54) is 6.92 Å². The van der Waals surface area contributed by atoms with Crippen molar-refractivity contribution in [1.29, 1.82) is 0 Å². The molecular formula is C19H28N4O3. The van der Waals surface area contributed by atoms with Crippen LogP contribution in [0.2, 0.25) is 0 Å². The Bertz CT molecular complexity index is 682. The molecule has 1 saturated heterocycles. The van der Waals surface area contributed by atoms with Crippen LogP contribution in [0.5, 0.6) is 0 Å². The van der Waals surface area contributed by atoms with Crippen LogP contribution in [0, 0.1) is 0 Å². The summed E-state index contributed by atoms with van der Waals surface area (Å²) in [5.74, 6) is -0.264. The molecule has 1 aromatic carbocycles. The third-order valence-corrected chi connectivity index (χ3v) is 3.98. The molecule has 26 heavy (non-hydrogen) atoms. The van der Waals surface area contributed by atoms with E-state index in [2.05, 4.69) is 10.6 Å². The number of rotatable bonds is 2. The monoisotopic (exact) mass is 360 g/mol. The third-order valence-electron chi connectivity index (χ3n) is 3.98. The molecule has 1 aliphatic heterocycles. The zero-order valence-electron chi connectivity index (χ0n) is 16.0. The van der Waals surface area contributed by atoms with Gasteiger partial charge in [-0.15, -0.1) is 0 Å². The molecule has 7 heteroatoms. The van der Waals surface area contributed by atoms with E-state index in [-0.39, 0.29) is 23.4 Å². The van der Waals surface area contributed by atoms with Crippen molar-refractivity contribution in [1.82, 2.24) is 15.1 Å². The van der Waals surface area contributed by atoms with E-state index in [1.807, 2.05) is 20.8 Å². The molecule has 4 amide bonds. The molecule has 0 saturated carbocycles. The van der Waals surface area contributed by atoms with Crippen molar-refractivity contribution in [3.05, 3.63) is 29.8 Å². The van der Waals surface area contributed by atoms with Crippen LogP contribution in [0.4, 0.5) is 10.5 Å². The van der Waals surface area contributed by atoms with Crippen molar-refractivity contribution >= 4 is 23.5 Å². The Hall–Kier alpha value is -2.57. The zero-order chi connectivity index (χ0) is 19.3. The minimum atomic E-state index is -0.289. The molecule has 0 aromatic heterocycles. The van der Waals surface area contributed by atoms with Crippen LogP contribution in [0.3, 0.4) is 0 Å². The summed E-state index contributed by atoms with van der Waals surface area (Å²) < 4.78 is 0. The Morgan fingerprint density at radius 1 is 1.00 bits per heavy atom.